The number of nitrogens with zero attached hydrogens (tertiary/aromatic N) is 4. The normalized spacial score (nSPS) is 12.3. The summed E-state index contributed by atoms with van der Waals surface area (Å²) in [6.45, 7) is 1.82. The number of aliphatic hydroxyl groups is 1. The number of aliphatic hydroxyl groups excluding tert-OH is 1. The van der Waals surface area contributed by atoms with Crippen LogP contribution in [-0.4, -0.2) is 37.5 Å². The largest absolute Gasteiger partial charge is 0.440 e. The molecule has 2 heterocycles. The Morgan fingerprint density at radius 3 is 2.68 bits per heavy atom. The van der Waals surface area contributed by atoms with Crippen molar-refractivity contribution >= 4 is 39.0 Å². The average Bonchev–Trinajstić information content (AvgIpc) is 3.14. The maximum Gasteiger partial charge on any atom is 0.229 e. The topological polar surface area (TPSA) is 129 Å². The van der Waals surface area contributed by atoms with Crippen LogP contribution in [-0.2, 0) is 21.9 Å². The van der Waals surface area contributed by atoms with Gasteiger partial charge in [0, 0.05) is 35.9 Å². The predicted molar refractivity (Wildman–Crippen MR) is 121 cm³/mol. The van der Waals surface area contributed by atoms with Crippen molar-refractivity contribution in [1.82, 2.24) is 19.7 Å². The van der Waals surface area contributed by atoms with E-state index in [4.69, 9.17) is 4.78 Å². The Morgan fingerprint density at radius 1 is 1.19 bits per heavy atom. The van der Waals surface area contributed by atoms with Crippen molar-refractivity contribution < 1.29 is 9.32 Å². The summed E-state index contributed by atoms with van der Waals surface area (Å²) in [7, 11) is 0.122. The highest BCUT2D eigenvalue weighted by Gasteiger charge is 2.13. The fourth-order valence-electron chi connectivity index (χ4n) is 3.16. The minimum atomic E-state index is -1.78. The summed E-state index contributed by atoms with van der Waals surface area (Å²) in [5, 5.41) is 21.2. The Morgan fingerprint density at radius 2 is 1.97 bits per heavy atom. The Balaban J connectivity index is 1.69. The maximum absolute atomic E-state index is 11.2. The van der Waals surface area contributed by atoms with Crippen molar-refractivity contribution in [2.75, 3.05) is 17.2 Å². The third-order valence-electron chi connectivity index (χ3n) is 4.83. The summed E-state index contributed by atoms with van der Waals surface area (Å²) in [5.74, 6) is 0.963. The summed E-state index contributed by atoms with van der Waals surface area (Å²) in [4.78, 5) is 9.48. The molecule has 4 N–H and O–H groups in total. The van der Waals surface area contributed by atoms with Crippen LogP contribution < -0.4 is 10.6 Å². The molecule has 0 aliphatic carbocycles. The number of hydrogen-bond donors (Lipinski definition) is 4. The summed E-state index contributed by atoms with van der Waals surface area (Å²) < 4.78 is 20.3. The zero-order valence-electron chi connectivity index (χ0n) is 17.0. The second-order valence-electron chi connectivity index (χ2n) is 7.14. The quantitative estimate of drug-likeness (QED) is 0.325. The van der Waals surface area contributed by atoms with Crippen molar-refractivity contribution in [3.05, 3.63) is 54.9 Å². The molecule has 160 valence electrons. The minimum absolute atomic E-state index is 0.0421. The van der Waals surface area contributed by atoms with Gasteiger partial charge in [0.15, 0.2) is 0 Å². The van der Waals surface area contributed by atoms with Crippen molar-refractivity contribution in [3.8, 4) is 11.1 Å². The van der Waals surface area contributed by atoms with Gasteiger partial charge in [-0.1, -0.05) is 23.1 Å². The zero-order valence-corrected chi connectivity index (χ0v) is 17.8. The molecular weight excluding hydrogens is 414 g/mol. The van der Waals surface area contributed by atoms with Gasteiger partial charge in [0.25, 0.3) is 0 Å². The van der Waals surface area contributed by atoms with Gasteiger partial charge in [-0.3, -0.25) is 4.68 Å². The van der Waals surface area contributed by atoms with Crippen LogP contribution in [0.25, 0.3) is 22.0 Å². The minimum Gasteiger partial charge on any atom is -0.440 e. The second kappa shape index (κ2) is 8.70. The Hall–Kier alpha value is -3.50. The first-order chi connectivity index (χ1) is 14.9. The van der Waals surface area contributed by atoms with Crippen molar-refractivity contribution in [3.63, 3.8) is 0 Å². The number of benzene rings is 2. The lowest BCUT2D eigenvalue weighted by Crippen LogP contribution is -2.21. The van der Waals surface area contributed by atoms with Gasteiger partial charge in [-0.2, -0.15) is 20.7 Å². The van der Waals surface area contributed by atoms with E-state index in [1.54, 1.807) is 30.5 Å². The predicted octanol–water partition coefficient (Wildman–Crippen LogP) is 3.65. The van der Waals surface area contributed by atoms with Gasteiger partial charge >= 0.3 is 0 Å². The van der Waals surface area contributed by atoms with Crippen LogP contribution in [0.3, 0.4) is 0 Å². The van der Waals surface area contributed by atoms with Crippen molar-refractivity contribution in [1.29, 1.82) is 4.78 Å². The van der Waals surface area contributed by atoms with E-state index >= 15 is 0 Å². The molecule has 0 amide bonds. The summed E-state index contributed by atoms with van der Waals surface area (Å²) in [5.41, 5.74) is 3.47. The molecule has 0 saturated heterocycles. The van der Waals surface area contributed by atoms with E-state index in [1.807, 2.05) is 43.0 Å². The van der Waals surface area contributed by atoms with E-state index in [-0.39, 0.29) is 12.6 Å². The molecule has 0 spiro atoms. The molecule has 2 aromatic carbocycles. The van der Waals surface area contributed by atoms with Gasteiger partial charge in [-0.15, -0.1) is 0 Å². The lowest BCUT2D eigenvalue weighted by molar-refractivity contribution is 0.281. The Kier molecular flexibility index (Phi) is 5.83. The molecular formula is C21H22N7O2S-. The molecule has 31 heavy (non-hydrogen) atoms. The molecule has 4 aromatic rings. The van der Waals surface area contributed by atoms with Gasteiger partial charge < -0.3 is 24.7 Å². The van der Waals surface area contributed by atoms with E-state index in [0.29, 0.717) is 22.3 Å². The van der Waals surface area contributed by atoms with Gasteiger partial charge in [-0.25, -0.2) is 4.98 Å². The van der Waals surface area contributed by atoms with Gasteiger partial charge in [-0.05, 0) is 36.8 Å². The molecule has 4 rings (SSSR count). The van der Waals surface area contributed by atoms with E-state index in [0.717, 1.165) is 22.0 Å². The molecule has 1 atom stereocenters. The number of hydrogen-bond acceptors (Lipinski definition) is 9. The highest BCUT2D eigenvalue weighted by Crippen LogP contribution is 2.30. The Labute approximate surface area is 181 Å². The number of aryl methyl sites for hydroxylation is 1. The molecule has 0 bridgehead atoms. The van der Waals surface area contributed by atoms with Crippen LogP contribution in [0.15, 0.2) is 59.8 Å². The maximum atomic E-state index is 11.2. The molecule has 0 aliphatic heterocycles. The number of anilines is 3. The van der Waals surface area contributed by atoms with Gasteiger partial charge in [0.1, 0.15) is 5.82 Å². The van der Waals surface area contributed by atoms with Crippen molar-refractivity contribution in [2.45, 2.75) is 17.9 Å². The summed E-state index contributed by atoms with van der Waals surface area (Å²) in [6, 6.07) is 12.5. The molecule has 0 radical (unpaired) electrons. The molecule has 0 fully saturated rings. The van der Waals surface area contributed by atoms with Crippen molar-refractivity contribution in [2.24, 2.45) is 7.05 Å². The van der Waals surface area contributed by atoms with E-state index < -0.39 is 10.6 Å². The first kappa shape index (κ1) is 20.8. The number of rotatable bonds is 7. The zero-order chi connectivity index (χ0) is 22.0. The van der Waals surface area contributed by atoms with Gasteiger partial charge in [0.2, 0.25) is 5.95 Å². The Bertz CT molecular complexity index is 1290. The first-order valence-corrected chi connectivity index (χ1v) is 10.8. The summed E-state index contributed by atoms with van der Waals surface area (Å²) >= 11 is 0. The SMILES string of the molecule is C[C@H](CO)Nc1nc(Nc2ccc([S-](=N)=O)cc2)ncc1-c1ccc2c(cnn2C)c1. The number of fused-ring (bicyclic) bond motifs is 1. The molecule has 10 heteroatoms. The smallest absolute Gasteiger partial charge is 0.229 e. The first-order valence-electron chi connectivity index (χ1n) is 9.61. The standard InChI is InChI=1S/C21H22N7O2S/c1-13(12-29)25-20-18(14-3-8-19-15(9-14)10-24-28(19)2)11-23-21(27-20)26-16-4-6-17(7-5-16)31(22)30/h3-11,13,22,29H,12H2,1-2H3,(H2,23,25,26,27)/q-1/t13-/m1/s1. The molecule has 9 nitrogen and oxygen atoms in total. The van der Waals surface area contributed by atoms with Crippen LogP contribution in [0.2, 0.25) is 0 Å². The highest BCUT2D eigenvalue weighted by atomic mass is 32.2. The molecule has 0 unspecified atom stereocenters. The van der Waals surface area contributed by atoms with E-state index in [2.05, 4.69) is 25.7 Å². The van der Waals surface area contributed by atoms with Crippen LogP contribution in [0.4, 0.5) is 17.5 Å². The fourth-order valence-corrected chi connectivity index (χ4v) is 3.55. The van der Waals surface area contributed by atoms with Crippen LogP contribution >= 0.6 is 0 Å². The third kappa shape index (κ3) is 4.49. The molecule has 0 saturated carbocycles. The van der Waals surface area contributed by atoms with Crippen LogP contribution in [0, 0.1) is 4.78 Å². The van der Waals surface area contributed by atoms with E-state index in [1.165, 1.54) is 0 Å². The van der Waals surface area contributed by atoms with E-state index in [9.17, 15) is 9.32 Å². The summed E-state index contributed by atoms with van der Waals surface area (Å²) in [6.07, 6.45) is 3.54. The van der Waals surface area contributed by atoms with Crippen LogP contribution in [0.1, 0.15) is 6.92 Å². The molecule has 2 aromatic heterocycles. The second-order valence-corrected chi connectivity index (χ2v) is 8.15. The monoisotopic (exact) mass is 436 g/mol. The highest BCUT2D eigenvalue weighted by molar-refractivity contribution is 7.73. The third-order valence-corrected chi connectivity index (χ3v) is 5.53. The fraction of sp³-hybridized carbons (Fsp3) is 0.190. The molecule has 0 aliphatic rings. The lowest BCUT2D eigenvalue weighted by Gasteiger charge is -2.17. The lowest BCUT2D eigenvalue weighted by atomic mass is 10.1. The van der Waals surface area contributed by atoms with Gasteiger partial charge in [0.05, 0.1) is 18.3 Å². The average molecular weight is 437 g/mol. The van der Waals surface area contributed by atoms with Crippen LogP contribution in [0.5, 0.6) is 0 Å². The number of nitrogens with one attached hydrogen (secondary N) is 3. The number of aromatic nitrogens is 4.